The van der Waals surface area contributed by atoms with Crippen LogP contribution in [0.3, 0.4) is 0 Å². The summed E-state index contributed by atoms with van der Waals surface area (Å²) in [6, 6.07) is 9.01. The van der Waals surface area contributed by atoms with Gasteiger partial charge in [-0.2, -0.15) is 0 Å². The number of aromatic nitrogens is 3. The Bertz CT molecular complexity index is 1020. The number of nitrogens with one attached hydrogen (secondary N) is 2. The summed E-state index contributed by atoms with van der Waals surface area (Å²) in [6.07, 6.45) is 6.90. The molecule has 142 valence electrons. The van der Waals surface area contributed by atoms with E-state index >= 15 is 0 Å². The summed E-state index contributed by atoms with van der Waals surface area (Å²) >= 11 is 0. The standard InChI is InChI=1S/C20H19N5O3/c1-28-14-4-5-17-15(9-14)16(10-18(26)24-17)20(27)23-11-13-3-2-6-22-19(13)25-8-7-21-12-25/h2-9,12,16H,10-11H2,1H3,(H,23,27)(H,24,26)/t16-/m1/s1. The molecular formula is C20H19N5O3. The van der Waals surface area contributed by atoms with Gasteiger partial charge in [-0.1, -0.05) is 6.07 Å². The van der Waals surface area contributed by atoms with Crippen molar-refractivity contribution in [3.63, 3.8) is 0 Å². The van der Waals surface area contributed by atoms with Crippen molar-refractivity contribution in [2.45, 2.75) is 18.9 Å². The Morgan fingerprint density at radius 2 is 2.25 bits per heavy atom. The summed E-state index contributed by atoms with van der Waals surface area (Å²) in [7, 11) is 1.57. The Labute approximate surface area is 161 Å². The van der Waals surface area contributed by atoms with Crippen molar-refractivity contribution in [3.8, 4) is 11.6 Å². The molecule has 8 heteroatoms. The molecule has 2 amide bonds. The van der Waals surface area contributed by atoms with Gasteiger partial charge < -0.3 is 15.4 Å². The smallest absolute Gasteiger partial charge is 0.228 e. The molecule has 0 aliphatic carbocycles. The van der Waals surface area contributed by atoms with E-state index in [4.69, 9.17) is 4.74 Å². The van der Waals surface area contributed by atoms with Gasteiger partial charge in [-0.3, -0.25) is 14.2 Å². The summed E-state index contributed by atoms with van der Waals surface area (Å²) < 4.78 is 7.05. The van der Waals surface area contributed by atoms with Crippen LogP contribution in [0.5, 0.6) is 5.75 Å². The van der Waals surface area contributed by atoms with E-state index in [9.17, 15) is 9.59 Å². The molecule has 0 saturated heterocycles. The van der Waals surface area contributed by atoms with Crippen molar-refractivity contribution in [3.05, 3.63) is 66.4 Å². The normalized spacial score (nSPS) is 15.5. The zero-order valence-electron chi connectivity index (χ0n) is 15.3. The third-order valence-electron chi connectivity index (χ3n) is 4.68. The average Bonchev–Trinajstić information content (AvgIpc) is 3.26. The van der Waals surface area contributed by atoms with Crippen LogP contribution < -0.4 is 15.4 Å². The van der Waals surface area contributed by atoms with Gasteiger partial charge in [-0.05, 0) is 29.8 Å². The molecule has 2 aromatic heterocycles. The van der Waals surface area contributed by atoms with E-state index < -0.39 is 5.92 Å². The number of anilines is 1. The highest BCUT2D eigenvalue weighted by Crippen LogP contribution is 2.35. The number of ether oxygens (including phenoxy) is 1. The maximum absolute atomic E-state index is 12.9. The lowest BCUT2D eigenvalue weighted by Crippen LogP contribution is -2.35. The Hall–Kier alpha value is -3.68. The van der Waals surface area contributed by atoms with Crippen molar-refractivity contribution in [1.82, 2.24) is 19.9 Å². The highest BCUT2D eigenvalue weighted by molar-refractivity contribution is 6.01. The van der Waals surface area contributed by atoms with Gasteiger partial charge in [-0.25, -0.2) is 9.97 Å². The molecule has 3 heterocycles. The zero-order valence-corrected chi connectivity index (χ0v) is 15.3. The summed E-state index contributed by atoms with van der Waals surface area (Å²) in [6.45, 7) is 0.289. The fourth-order valence-electron chi connectivity index (χ4n) is 3.29. The van der Waals surface area contributed by atoms with Gasteiger partial charge in [0.15, 0.2) is 0 Å². The van der Waals surface area contributed by atoms with Crippen LogP contribution in [-0.4, -0.2) is 33.5 Å². The van der Waals surface area contributed by atoms with Crippen LogP contribution in [0.15, 0.2) is 55.2 Å². The minimum absolute atomic E-state index is 0.0907. The maximum Gasteiger partial charge on any atom is 0.228 e. The molecular weight excluding hydrogens is 358 g/mol. The number of carbonyl (C=O) groups is 2. The largest absolute Gasteiger partial charge is 0.497 e. The molecule has 0 bridgehead atoms. The number of imidazole rings is 1. The number of hydrogen-bond donors (Lipinski definition) is 2. The minimum Gasteiger partial charge on any atom is -0.497 e. The molecule has 1 aliphatic heterocycles. The molecule has 1 aromatic carbocycles. The molecule has 0 unspecified atom stereocenters. The van der Waals surface area contributed by atoms with E-state index in [1.165, 1.54) is 0 Å². The molecule has 28 heavy (non-hydrogen) atoms. The highest BCUT2D eigenvalue weighted by Gasteiger charge is 2.31. The lowest BCUT2D eigenvalue weighted by molar-refractivity contribution is -0.126. The van der Waals surface area contributed by atoms with E-state index in [1.807, 2.05) is 12.1 Å². The lowest BCUT2D eigenvalue weighted by Gasteiger charge is -2.25. The van der Waals surface area contributed by atoms with E-state index in [2.05, 4.69) is 20.6 Å². The molecule has 4 rings (SSSR count). The van der Waals surface area contributed by atoms with E-state index in [-0.39, 0.29) is 24.8 Å². The van der Waals surface area contributed by atoms with Crippen molar-refractivity contribution in [2.24, 2.45) is 0 Å². The topological polar surface area (TPSA) is 98.1 Å². The fraction of sp³-hybridized carbons (Fsp3) is 0.200. The predicted molar refractivity (Wildman–Crippen MR) is 102 cm³/mol. The number of nitrogens with zero attached hydrogens (tertiary/aromatic N) is 3. The van der Waals surface area contributed by atoms with E-state index in [0.717, 1.165) is 11.1 Å². The van der Waals surface area contributed by atoms with E-state index in [0.29, 0.717) is 17.3 Å². The first-order chi connectivity index (χ1) is 13.7. The first-order valence-electron chi connectivity index (χ1n) is 8.83. The maximum atomic E-state index is 12.9. The number of benzene rings is 1. The van der Waals surface area contributed by atoms with Gasteiger partial charge in [0, 0.05) is 42.8 Å². The summed E-state index contributed by atoms with van der Waals surface area (Å²) in [4.78, 5) is 33.4. The summed E-state index contributed by atoms with van der Waals surface area (Å²) in [5, 5.41) is 5.74. The van der Waals surface area contributed by atoms with Crippen LogP contribution >= 0.6 is 0 Å². The van der Waals surface area contributed by atoms with Gasteiger partial charge in [0.25, 0.3) is 0 Å². The minimum atomic E-state index is -0.577. The van der Waals surface area contributed by atoms with Gasteiger partial charge in [0.1, 0.15) is 17.9 Å². The molecule has 1 atom stereocenters. The highest BCUT2D eigenvalue weighted by atomic mass is 16.5. The van der Waals surface area contributed by atoms with Crippen LogP contribution in [0, 0.1) is 0 Å². The number of fused-ring (bicyclic) bond motifs is 1. The van der Waals surface area contributed by atoms with Crippen LogP contribution in [0.25, 0.3) is 5.82 Å². The summed E-state index contributed by atoms with van der Waals surface area (Å²) in [5.41, 5.74) is 2.23. The molecule has 0 fully saturated rings. The Balaban J connectivity index is 1.55. The van der Waals surface area contributed by atoms with Crippen LogP contribution in [-0.2, 0) is 16.1 Å². The number of hydrogen-bond acceptors (Lipinski definition) is 5. The predicted octanol–water partition coefficient (Wildman–Crippen LogP) is 2.02. The van der Waals surface area contributed by atoms with Crippen LogP contribution in [0.2, 0.25) is 0 Å². The molecule has 1 aliphatic rings. The van der Waals surface area contributed by atoms with E-state index in [1.54, 1.807) is 54.8 Å². The Kier molecular flexibility index (Phi) is 4.76. The zero-order chi connectivity index (χ0) is 19.5. The van der Waals surface area contributed by atoms with Gasteiger partial charge in [0.2, 0.25) is 11.8 Å². The van der Waals surface area contributed by atoms with Crippen molar-refractivity contribution in [1.29, 1.82) is 0 Å². The number of pyridine rings is 1. The molecule has 0 saturated carbocycles. The molecule has 0 spiro atoms. The van der Waals surface area contributed by atoms with Crippen molar-refractivity contribution in [2.75, 3.05) is 12.4 Å². The fourth-order valence-corrected chi connectivity index (χ4v) is 3.29. The molecule has 8 nitrogen and oxygen atoms in total. The monoisotopic (exact) mass is 377 g/mol. The second kappa shape index (κ2) is 7.51. The number of methoxy groups -OCH3 is 1. The first kappa shape index (κ1) is 17.7. The third-order valence-corrected chi connectivity index (χ3v) is 4.68. The van der Waals surface area contributed by atoms with Crippen LogP contribution in [0.1, 0.15) is 23.5 Å². The second-order valence-corrected chi connectivity index (χ2v) is 6.43. The first-order valence-corrected chi connectivity index (χ1v) is 8.83. The molecule has 0 radical (unpaired) electrons. The summed E-state index contributed by atoms with van der Waals surface area (Å²) in [5.74, 6) is 0.362. The quantitative estimate of drug-likeness (QED) is 0.709. The third kappa shape index (κ3) is 3.44. The molecule has 3 aromatic rings. The number of amides is 2. The van der Waals surface area contributed by atoms with Gasteiger partial charge in [-0.15, -0.1) is 0 Å². The average molecular weight is 377 g/mol. The van der Waals surface area contributed by atoms with Gasteiger partial charge in [0.05, 0.1) is 13.0 Å². The van der Waals surface area contributed by atoms with Crippen LogP contribution in [0.4, 0.5) is 5.69 Å². The lowest BCUT2D eigenvalue weighted by atomic mass is 9.89. The number of rotatable bonds is 5. The van der Waals surface area contributed by atoms with Gasteiger partial charge >= 0.3 is 0 Å². The molecule has 2 N–H and O–H groups in total. The SMILES string of the molecule is COc1ccc2c(c1)[C@H](C(=O)NCc1cccnc1-n1ccnc1)CC(=O)N2. The number of carbonyl (C=O) groups excluding carboxylic acids is 2. The Morgan fingerprint density at radius 1 is 1.36 bits per heavy atom. The van der Waals surface area contributed by atoms with Crippen molar-refractivity contribution >= 4 is 17.5 Å². The van der Waals surface area contributed by atoms with Crippen molar-refractivity contribution < 1.29 is 14.3 Å². The Morgan fingerprint density at radius 3 is 3.04 bits per heavy atom. The second-order valence-electron chi connectivity index (χ2n) is 6.43.